The summed E-state index contributed by atoms with van der Waals surface area (Å²) >= 11 is 3.42. The fraction of sp³-hybridized carbons (Fsp3) is 0.250. The Morgan fingerprint density at radius 3 is 2.71 bits per heavy atom. The van der Waals surface area contributed by atoms with E-state index in [9.17, 15) is 4.79 Å². The van der Waals surface area contributed by atoms with Gasteiger partial charge in [0.25, 0.3) is 0 Å². The predicted molar refractivity (Wildman–Crippen MR) is 86.8 cm³/mol. The van der Waals surface area contributed by atoms with Crippen LogP contribution in [0.5, 0.6) is 0 Å². The fourth-order valence-electron chi connectivity index (χ4n) is 2.43. The van der Waals surface area contributed by atoms with Crippen LogP contribution in [0, 0.1) is 13.8 Å². The van der Waals surface area contributed by atoms with Gasteiger partial charge >= 0.3 is 5.97 Å². The molecule has 0 aliphatic carbocycles. The van der Waals surface area contributed by atoms with Crippen molar-refractivity contribution in [2.75, 3.05) is 0 Å². The van der Waals surface area contributed by atoms with Gasteiger partial charge < -0.3 is 5.11 Å². The molecule has 0 saturated carbocycles. The van der Waals surface area contributed by atoms with Crippen LogP contribution in [0.15, 0.2) is 28.7 Å². The summed E-state index contributed by atoms with van der Waals surface area (Å²) in [6, 6.07) is 5.75. The third-order valence-electron chi connectivity index (χ3n) is 3.42. The molecule has 21 heavy (non-hydrogen) atoms. The van der Waals surface area contributed by atoms with Gasteiger partial charge in [0.2, 0.25) is 0 Å². The number of carboxylic acid groups (broad SMARTS) is 1. The van der Waals surface area contributed by atoms with Gasteiger partial charge in [-0.25, -0.2) is 9.48 Å². The molecule has 4 nitrogen and oxygen atoms in total. The van der Waals surface area contributed by atoms with Crippen LogP contribution in [0.25, 0.3) is 11.8 Å². The molecule has 110 valence electrons. The Hall–Kier alpha value is -1.88. The highest BCUT2D eigenvalue weighted by Crippen LogP contribution is 2.25. The van der Waals surface area contributed by atoms with E-state index in [-0.39, 0.29) is 0 Å². The van der Waals surface area contributed by atoms with E-state index in [0.717, 1.165) is 39.6 Å². The number of rotatable bonds is 4. The first kappa shape index (κ1) is 15.5. The first-order chi connectivity index (χ1) is 9.93. The SMILES string of the molecule is CCc1c(C)nn(-c2ccc(Br)cc2/C=C/C(=O)O)c1C. The summed E-state index contributed by atoms with van der Waals surface area (Å²) in [7, 11) is 0. The van der Waals surface area contributed by atoms with Gasteiger partial charge in [-0.2, -0.15) is 5.10 Å². The number of aromatic nitrogens is 2. The van der Waals surface area contributed by atoms with Crippen LogP contribution < -0.4 is 0 Å². The van der Waals surface area contributed by atoms with Gasteiger partial charge in [0.1, 0.15) is 0 Å². The molecule has 5 heteroatoms. The van der Waals surface area contributed by atoms with E-state index < -0.39 is 5.97 Å². The minimum Gasteiger partial charge on any atom is -0.478 e. The number of aryl methyl sites for hydroxylation is 1. The number of benzene rings is 1. The summed E-state index contributed by atoms with van der Waals surface area (Å²) in [5.74, 6) is -0.969. The quantitative estimate of drug-likeness (QED) is 0.852. The molecule has 0 spiro atoms. The Kier molecular flexibility index (Phi) is 4.63. The molecule has 1 aromatic heterocycles. The number of aliphatic carboxylic acids is 1. The molecule has 0 aliphatic heterocycles. The maximum atomic E-state index is 10.8. The molecule has 0 radical (unpaired) electrons. The molecular weight excluding hydrogens is 332 g/mol. The Bertz CT molecular complexity index is 717. The van der Waals surface area contributed by atoms with Crippen LogP contribution in [0.1, 0.15) is 29.4 Å². The summed E-state index contributed by atoms with van der Waals surface area (Å²) in [4.78, 5) is 10.8. The maximum Gasteiger partial charge on any atom is 0.328 e. The molecule has 1 N–H and O–H groups in total. The molecule has 1 aromatic carbocycles. The standard InChI is InChI=1S/C16H17BrN2O2/c1-4-14-10(2)18-19(11(14)3)15-7-6-13(17)9-12(15)5-8-16(20)21/h5-9H,4H2,1-3H3,(H,20,21)/b8-5+. The Morgan fingerprint density at radius 1 is 1.43 bits per heavy atom. The number of carbonyl (C=O) groups is 1. The minimum absolute atomic E-state index is 0.806. The number of nitrogens with zero attached hydrogens (tertiary/aromatic N) is 2. The predicted octanol–water partition coefficient (Wildman–Crippen LogP) is 3.91. The molecule has 0 fully saturated rings. The molecule has 0 amide bonds. The normalized spacial score (nSPS) is 11.2. The summed E-state index contributed by atoms with van der Waals surface area (Å²) in [6.07, 6.45) is 3.65. The van der Waals surface area contributed by atoms with E-state index in [1.54, 1.807) is 6.08 Å². The van der Waals surface area contributed by atoms with Crippen LogP contribution in [-0.4, -0.2) is 20.9 Å². The summed E-state index contributed by atoms with van der Waals surface area (Å²) in [5.41, 5.74) is 5.00. The summed E-state index contributed by atoms with van der Waals surface area (Å²) in [5, 5.41) is 13.4. The second kappa shape index (κ2) is 6.26. The lowest BCUT2D eigenvalue weighted by molar-refractivity contribution is -0.131. The van der Waals surface area contributed by atoms with E-state index in [1.807, 2.05) is 36.7 Å². The second-order valence-electron chi connectivity index (χ2n) is 4.79. The van der Waals surface area contributed by atoms with Gasteiger partial charge in [0, 0.05) is 21.8 Å². The summed E-state index contributed by atoms with van der Waals surface area (Å²) < 4.78 is 2.77. The lowest BCUT2D eigenvalue weighted by Gasteiger charge is -2.09. The van der Waals surface area contributed by atoms with E-state index in [2.05, 4.69) is 28.0 Å². The average molecular weight is 349 g/mol. The zero-order valence-electron chi connectivity index (χ0n) is 12.2. The van der Waals surface area contributed by atoms with Crippen LogP contribution in [-0.2, 0) is 11.2 Å². The lowest BCUT2D eigenvalue weighted by atomic mass is 10.1. The van der Waals surface area contributed by atoms with Crippen molar-refractivity contribution in [2.24, 2.45) is 0 Å². The number of halogens is 1. The molecule has 0 aliphatic rings. The highest BCUT2D eigenvalue weighted by atomic mass is 79.9. The van der Waals surface area contributed by atoms with Gasteiger partial charge in [0.15, 0.2) is 0 Å². The average Bonchev–Trinajstić information content (AvgIpc) is 2.71. The first-order valence-electron chi connectivity index (χ1n) is 6.70. The molecule has 0 atom stereocenters. The maximum absolute atomic E-state index is 10.8. The van der Waals surface area contributed by atoms with Crippen molar-refractivity contribution in [1.29, 1.82) is 0 Å². The molecule has 0 saturated heterocycles. The van der Waals surface area contributed by atoms with Gasteiger partial charge in [-0.15, -0.1) is 0 Å². The van der Waals surface area contributed by atoms with E-state index >= 15 is 0 Å². The second-order valence-corrected chi connectivity index (χ2v) is 5.71. The van der Waals surface area contributed by atoms with E-state index in [4.69, 9.17) is 5.11 Å². The molecule has 1 heterocycles. The molecule has 2 rings (SSSR count). The van der Waals surface area contributed by atoms with Crippen LogP contribution in [0.4, 0.5) is 0 Å². The molecule has 0 bridgehead atoms. The molecular formula is C16H17BrN2O2. The topological polar surface area (TPSA) is 55.1 Å². The zero-order valence-corrected chi connectivity index (χ0v) is 13.8. The number of hydrogen-bond donors (Lipinski definition) is 1. The Morgan fingerprint density at radius 2 is 2.14 bits per heavy atom. The van der Waals surface area contributed by atoms with Gasteiger partial charge in [-0.05, 0) is 50.1 Å². The van der Waals surface area contributed by atoms with Crippen molar-refractivity contribution < 1.29 is 9.90 Å². The van der Waals surface area contributed by atoms with Gasteiger partial charge in [0.05, 0.1) is 11.4 Å². The number of carboxylic acids is 1. The third kappa shape index (κ3) is 3.24. The largest absolute Gasteiger partial charge is 0.478 e. The van der Waals surface area contributed by atoms with Crippen molar-refractivity contribution in [3.8, 4) is 5.69 Å². The van der Waals surface area contributed by atoms with Gasteiger partial charge in [-0.3, -0.25) is 0 Å². The monoisotopic (exact) mass is 348 g/mol. The highest BCUT2D eigenvalue weighted by molar-refractivity contribution is 9.10. The van der Waals surface area contributed by atoms with E-state index in [1.165, 1.54) is 5.56 Å². The molecule has 2 aromatic rings. The first-order valence-corrected chi connectivity index (χ1v) is 7.49. The smallest absolute Gasteiger partial charge is 0.328 e. The number of hydrogen-bond acceptors (Lipinski definition) is 2. The van der Waals surface area contributed by atoms with Crippen molar-refractivity contribution >= 4 is 28.0 Å². The lowest BCUT2D eigenvalue weighted by Crippen LogP contribution is -2.02. The fourth-order valence-corrected chi connectivity index (χ4v) is 2.81. The van der Waals surface area contributed by atoms with Crippen molar-refractivity contribution in [3.63, 3.8) is 0 Å². The van der Waals surface area contributed by atoms with Crippen LogP contribution in [0.3, 0.4) is 0 Å². The van der Waals surface area contributed by atoms with Crippen molar-refractivity contribution in [2.45, 2.75) is 27.2 Å². The Labute approximate surface area is 132 Å². The van der Waals surface area contributed by atoms with E-state index in [0.29, 0.717) is 0 Å². The zero-order chi connectivity index (χ0) is 15.6. The van der Waals surface area contributed by atoms with Gasteiger partial charge in [-0.1, -0.05) is 22.9 Å². The third-order valence-corrected chi connectivity index (χ3v) is 3.91. The minimum atomic E-state index is -0.969. The molecule has 0 unspecified atom stereocenters. The highest BCUT2D eigenvalue weighted by Gasteiger charge is 2.13. The Balaban J connectivity index is 2.61. The van der Waals surface area contributed by atoms with Crippen LogP contribution >= 0.6 is 15.9 Å². The van der Waals surface area contributed by atoms with Crippen molar-refractivity contribution in [1.82, 2.24) is 9.78 Å². The summed E-state index contributed by atoms with van der Waals surface area (Å²) in [6.45, 7) is 6.13. The van der Waals surface area contributed by atoms with Crippen LogP contribution in [0.2, 0.25) is 0 Å². The van der Waals surface area contributed by atoms with Crippen molar-refractivity contribution in [3.05, 3.63) is 51.3 Å².